The summed E-state index contributed by atoms with van der Waals surface area (Å²) in [5, 5.41) is 14.9. The fourth-order valence-corrected chi connectivity index (χ4v) is 4.08. The predicted octanol–water partition coefficient (Wildman–Crippen LogP) is 3.85. The van der Waals surface area contributed by atoms with Crippen molar-refractivity contribution in [2.24, 2.45) is 0 Å². The molecule has 2 N–H and O–H groups in total. The van der Waals surface area contributed by atoms with Crippen LogP contribution in [0.1, 0.15) is 12.8 Å². The number of carbonyl (C=O) groups is 2. The topological polar surface area (TPSA) is 96.5 Å². The third-order valence-electron chi connectivity index (χ3n) is 4.81. The molecule has 3 aromatic rings. The van der Waals surface area contributed by atoms with Crippen molar-refractivity contribution < 1.29 is 14.3 Å². The van der Waals surface area contributed by atoms with Gasteiger partial charge in [0.1, 0.15) is 16.8 Å². The zero-order valence-corrected chi connectivity index (χ0v) is 17.2. The number of nitrogens with zero attached hydrogens (tertiary/aromatic N) is 3. The molecule has 1 fully saturated rings. The number of amides is 3. The minimum Gasteiger partial charge on any atom is -0.497 e. The van der Waals surface area contributed by atoms with Crippen molar-refractivity contribution in [3.8, 4) is 16.3 Å². The minimum atomic E-state index is -0.544. The maximum Gasteiger partial charge on any atom is 0.322 e. The summed E-state index contributed by atoms with van der Waals surface area (Å²) in [7, 11) is 1.60. The number of anilines is 2. The number of para-hydroxylation sites is 1. The van der Waals surface area contributed by atoms with Crippen LogP contribution in [-0.4, -0.2) is 46.7 Å². The van der Waals surface area contributed by atoms with E-state index in [4.69, 9.17) is 4.74 Å². The minimum absolute atomic E-state index is 0.260. The number of methoxy groups -OCH3 is 1. The first kappa shape index (κ1) is 19.8. The number of aromatic nitrogens is 2. The summed E-state index contributed by atoms with van der Waals surface area (Å²) in [6.45, 7) is 0.530. The van der Waals surface area contributed by atoms with Gasteiger partial charge in [-0.15, -0.1) is 10.2 Å². The molecule has 154 valence electrons. The molecule has 1 saturated heterocycles. The van der Waals surface area contributed by atoms with Crippen LogP contribution >= 0.6 is 11.3 Å². The fourth-order valence-electron chi connectivity index (χ4n) is 3.33. The lowest BCUT2D eigenvalue weighted by Gasteiger charge is -2.23. The highest BCUT2D eigenvalue weighted by Crippen LogP contribution is 2.29. The molecule has 0 aliphatic carbocycles. The van der Waals surface area contributed by atoms with E-state index in [-0.39, 0.29) is 11.9 Å². The first-order valence-corrected chi connectivity index (χ1v) is 10.4. The number of benzene rings is 2. The lowest BCUT2D eigenvalue weighted by atomic mass is 10.2. The number of urea groups is 1. The molecule has 0 radical (unpaired) electrons. The van der Waals surface area contributed by atoms with Crippen LogP contribution in [-0.2, 0) is 4.79 Å². The van der Waals surface area contributed by atoms with Gasteiger partial charge in [-0.1, -0.05) is 41.7 Å². The van der Waals surface area contributed by atoms with Crippen LogP contribution in [0.15, 0.2) is 54.6 Å². The molecule has 1 aliphatic heterocycles. The van der Waals surface area contributed by atoms with Gasteiger partial charge in [0.25, 0.3) is 0 Å². The Bertz CT molecular complexity index is 1040. The van der Waals surface area contributed by atoms with E-state index in [1.54, 1.807) is 12.0 Å². The lowest BCUT2D eigenvalue weighted by molar-refractivity contribution is -0.119. The normalized spacial score (nSPS) is 15.6. The van der Waals surface area contributed by atoms with Gasteiger partial charge in [-0.2, -0.15) is 0 Å². The number of carbonyl (C=O) groups excluding carboxylic acids is 2. The van der Waals surface area contributed by atoms with Crippen molar-refractivity contribution in [1.82, 2.24) is 15.1 Å². The summed E-state index contributed by atoms with van der Waals surface area (Å²) in [5.74, 6) is 0.461. The molecule has 1 unspecified atom stereocenters. The maximum absolute atomic E-state index is 12.8. The first-order valence-electron chi connectivity index (χ1n) is 9.55. The van der Waals surface area contributed by atoms with Gasteiger partial charge in [-0.05, 0) is 37.1 Å². The van der Waals surface area contributed by atoms with Crippen molar-refractivity contribution in [2.75, 3.05) is 24.3 Å². The molecule has 30 heavy (non-hydrogen) atoms. The van der Waals surface area contributed by atoms with E-state index in [0.29, 0.717) is 28.8 Å². The Kier molecular flexibility index (Phi) is 5.89. The molecule has 1 aromatic heterocycles. The molecule has 0 bridgehead atoms. The fraction of sp³-hybridized carbons (Fsp3) is 0.238. The highest BCUT2D eigenvalue weighted by atomic mass is 32.1. The third-order valence-corrected chi connectivity index (χ3v) is 5.70. The smallest absolute Gasteiger partial charge is 0.322 e. The van der Waals surface area contributed by atoms with E-state index in [2.05, 4.69) is 20.8 Å². The quantitative estimate of drug-likeness (QED) is 0.650. The Morgan fingerprint density at radius 3 is 2.73 bits per heavy atom. The third kappa shape index (κ3) is 4.41. The van der Waals surface area contributed by atoms with Gasteiger partial charge in [0.2, 0.25) is 11.0 Å². The highest BCUT2D eigenvalue weighted by molar-refractivity contribution is 7.18. The largest absolute Gasteiger partial charge is 0.497 e. The average Bonchev–Trinajstić information content (AvgIpc) is 3.44. The second-order valence-corrected chi connectivity index (χ2v) is 7.76. The van der Waals surface area contributed by atoms with Gasteiger partial charge in [0, 0.05) is 17.8 Å². The number of nitrogens with one attached hydrogen (secondary N) is 2. The van der Waals surface area contributed by atoms with Crippen molar-refractivity contribution >= 4 is 34.1 Å². The van der Waals surface area contributed by atoms with E-state index in [1.807, 2.05) is 54.6 Å². The Morgan fingerprint density at radius 2 is 1.93 bits per heavy atom. The van der Waals surface area contributed by atoms with Crippen molar-refractivity contribution in [3.63, 3.8) is 0 Å². The predicted molar refractivity (Wildman–Crippen MR) is 116 cm³/mol. The van der Waals surface area contributed by atoms with Gasteiger partial charge < -0.3 is 15.0 Å². The Morgan fingerprint density at radius 1 is 1.10 bits per heavy atom. The Labute approximate surface area is 177 Å². The van der Waals surface area contributed by atoms with Crippen molar-refractivity contribution in [1.29, 1.82) is 0 Å². The van der Waals surface area contributed by atoms with E-state index >= 15 is 0 Å². The SMILES string of the molecule is COc1cccc(-c2nnc(NC(=O)C3CCCN3C(=O)Nc3ccccc3)s2)c1. The van der Waals surface area contributed by atoms with Crippen molar-refractivity contribution in [3.05, 3.63) is 54.6 Å². The van der Waals surface area contributed by atoms with E-state index in [0.717, 1.165) is 17.7 Å². The number of likely N-dealkylation sites (tertiary alicyclic amines) is 1. The number of hydrogen-bond acceptors (Lipinski definition) is 6. The van der Waals surface area contributed by atoms with Gasteiger partial charge in [0.15, 0.2) is 0 Å². The summed E-state index contributed by atoms with van der Waals surface area (Å²) in [4.78, 5) is 27.0. The van der Waals surface area contributed by atoms with E-state index < -0.39 is 6.04 Å². The van der Waals surface area contributed by atoms with Gasteiger partial charge in [-0.3, -0.25) is 10.1 Å². The van der Waals surface area contributed by atoms with Crippen LogP contribution in [0, 0.1) is 0 Å². The molecule has 0 spiro atoms. The molecular formula is C21H21N5O3S. The molecule has 8 nitrogen and oxygen atoms in total. The van der Waals surface area contributed by atoms with Crippen LogP contribution in [0.5, 0.6) is 5.75 Å². The van der Waals surface area contributed by atoms with Gasteiger partial charge >= 0.3 is 6.03 Å². The summed E-state index contributed by atoms with van der Waals surface area (Å²) in [5.41, 5.74) is 1.55. The second-order valence-electron chi connectivity index (χ2n) is 6.78. The van der Waals surface area contributed by atoms with Crippen LogP contribution in [0.25, 0.3) is 10.6 Å². The Hall–Kier alpha value is -3.46. The number of rotatable bonds is 5. The first-order chi connectivity index (χ1) is 14.6. The molecule has 3 amide bonds. The second kappa shape index (κ2) is 8.91. The summed E-state index contributed by atoms with van der Waals surface area (Å²) < 4.78 is 5.24. The summed E-state index contributed by atoms with van der Waals surface area (Å²) in [6.07, 6.45) is 1.38. The molecule has 1 atom stereocenters. The van der Waals surface area contributed by atoms with Crippen molar-refractivity contribution in [2.45, 2.75) is 18.9 Å². The Balaban J connectivity index is 1.42. The van der Waals surface area contributed by atoms with E-state index in [9.17, 15) is 9.59 Å². The van der Waals surface area contributed by atoms with Crippen LogP contribution in [0.4, 0.5) is 15.6 Å². The van der Waals surface area contributed by atoms with Crippen LogP contribution in [0.2, 0.25) is 0 Å². The molecule has 2 aromatic carbocycles. The monoisotopic (exact) mass is 423 g/mol. The summed E-state index contributed by atoms with van der Waals surface area (Å²) >= 11 is 1.28. The van der Waals surface area contributed by atoms with Gasteiger partial charge in [0.05, 0.1) is 7.11 Å². The standard InChI is InChI=1S/C21H21N5O3S/c1-29-16-10-5-7-14(13-16)19-24-25-20(30-19)23-18(27)17-11-6-12-26(17)21(28)22-15-8-3-2-4-9-15/h2-5,7-10,13,17H,6,11-12H2,1H3,(H,22,28)(H,23,25,27). The number of hydrogen-bond donors (Lipinski definition) is 2. The molecular weight excluding hydrogens is 402 g/mol. The molecule has 0 saturated carbocycles. The average molecular weight is 423 g/mol. The molecule has 9 heteroatoms. The summed E-state index contributed by atoms with van der Waals surface area (Å²) in [6, 6.07) is 15.8. The maximum atomic E-state index is 12.8. The zero-order valence-electron chi connectivity index (χ0n) is 16.4. The molecule has 2 heterocycles. The molecule has 1 aliphatic rings. The lowest BCUT2D eigenvalue weighted by Crippen LogP contribution is -2.45. The van der Waals surface area contributed by atoms with Crippen LogP contribution in [0.3, 0.4) is 0 Å². The number of ether oxygens (including phenoxy) is 1. The van der Waals surface area contributed by atoms with Gasteiger partial charge in [-0.25, -0.2) is 4.79 Å². The zero-order chi connectivity index (χ0) is 20.9. The van der Waals surface area contributed by atoms with Crippen LogP contribution < -0.4 is 15.4 Å². The molecule has 4 rings (SSSR count). The highest BCUT2D eigenvalue weighted by Gasteiger charge is 2.34. The van der Waals surface area contributed by atoms with E-state index in [1.165, 1.54) is 11.3 Å².